The predicted molar refractivity (Wildman–Crippen MR) is 102 cm³/mol. The molecule has 7 heteroatoms. The molecule has 1 aliphatic rings. The molecule has 132 valence electrons. The lowest BCUT2D eigenvalue weighted by Crippen LogP contribution is -2.50. The van der Waals surface area contributed by atoms with Crippen LogP contribution in [0.1, 0.15) is 22.3 Å². The molecule has 3 rings (SSSR count). The molecule has 0 spiro atoms. The number of hydrogen-bond donors (Lipinski definition) is 0. The molecule has 0 saturated carbocycles. The molecule has 0 N–H and O–H groups in total. The molecule has 25 heavy (non-hydrogen) atoms. The second-order valence-electron chi connectivity index (χ2n) is 5.96. The number of thiophene rings is 1. The lowest BCUT2D eigenvalue weighted by Gasteiger charge is -2.35. The molecule has 0 bridgehead atoms. The Morgan fingerprint density at radius 3 is 2.24 bits per heavy atom. The zero-order chi connectivity index (χ0) is 17.8. The minimum absolute atomic E-state index is 0.102. The molecule has 0 aliphatic carbocycles. The molecule has 0 radical (unpaired) electrons. The summed E-state index contributed by atoms with van der Waals surface area (Å²) >= 11 is 13.6. The summed E-state index contributed by atoms with van der Waals surface area (Å²) in [6, 6.07) is 6.89. The predicted octanol–water partition coefficient (Wildman–Crippen LogP) is 3.97. The number of carbonyl (C=O) groups excluding carboxylic acids is 2. The van der Waals surface area contributed by atoms with Crippen LogP contribution in [0.3, 0.4) is 0 Å². The highest BCUT2D eigenvalue weighted by Crippen LogP contribution is 2.21. The van der Waals surface area contributed by atoms with Crippen LogP contribution in [-0.2, 0) is 11.2 Å². The average Bonchev–Trinajstić information content (AvgIpc) is 3.12. The van der Waals surface area contributed by atoms with Crippen molar-refractivity contribution in [1.82, 2.24) is 9.80 Å². The van der Waals surface area contributed by atoms with Gasteiger partial charge < -0.3 is 9.80 Å². The second-order valence-corrected chi connectivity index (χ2v) is 7.62. The van der Waals surface area contributed by atoms with Crippen LogP contribution in [0.4, 0.5) is 0 Å². The maximum absolute atomic E-state index is 12.6. The maximum atomic E-state index is 12.6. The van der Waals surface area contributed by atoms with Gasteiger partial charge in [0.2, 0.25) is 5.91 Å². The lowest BCUT2D eigenvalue weighted by atomic mass is 10.1. The first-order valence-electron chi connectivity index (χ1n) is 8.07. The molecular weight excluding hydrogens is 379 g/mol. The van der Waals surface area contributed by atoms with E-state index in [1.807, 2.05) is 16.3 Å². The van der Waals surface area contributed by atoms with Crippen LogP contribution in [0.15, 0.2) is 35.0 Å². The van der Waals surface area contributed by atoms with Crippen molar-refractivity contribution in [2.45, 2.75) is 12.8 Å². The van der Waals surface area contributed by atoms with E-state index in [-0.39, 0.29) is 11.8 Å². The van der Waals surface area contributed by atoms with Crippen molar-refractivity contribution in [3.63, 3.8) is 0 Å². The van der Waals surface area contributed by atoms with Crippen LogP contribution in [-0.4, -0.2) is 47.8 Å². The molecule has 1 fully saturated rings. The Bertz CT molecular complexity index is 736. The van der Waals surface area contributed by atoms with Gasteiger partial charge in [-0.3, -0.25) is 9.59 Å². The van der Waals surface area contributed by atoms with E-state index in [0.717, 1.165) is 6.42 Å². The summed E-state index contributed by atoms with van der Waals surface area (Å²) in [5, 5.41) is 4.97. The Balaban J connectivity index is 1.52. The van der Waals surface area contributed by atoms with Crippen LogP contribution in [0, 0.1) is 0 Å². The number of hydrogen-bond acceptors (Lipinski definition) is 3. The number of amides is 2. The summed E-state index contributed by atoms with van der Waals surface area (Å²) in [6.45, 7) is 2.16. The van der Waals surface area contributed by atoms with E-state index in [1.165, 1.54) is 5.56 Å². The first kappa shape index (κ1) is 18.2. The summed E-state index contributed by atoms with van der Waals surface area (Å²) in [5.41, 5.74) is 1.68. The van der Waals surface area contributed by atoms with Gasteiger partial charge >= 0.3 is 0 Å². The third kappa shape index (κ3) is 4.75. The van der Waals surface area contributed by atoms with Crippen molar-refractivity contribution in [1.29, 1.82) is 0 Å². The average molecular weight is 397 g/mol. The zero-order valence-electron chi connectivity index (χ0n) is 13.6. The van der Waals surface area contributed by atoms with E-state index in [2.05, 4.69) is 5.38 Å². The number of benzene rings is 1. The molecule has 2 amide bonds. The van der Waals surface area contributed by atoms with Gasteiger partial charge in [0.25, 0.3) is 5.91 Å². The van der Waals surface area contributed by atoms with Gasteiger partial charge in [-0.25, -0.2) is 0 Å². The number of piperazine rings is 1. The fourth-order valence-corrected chi connectivity index (χ4v) is 4.09. The van der Waals surface area contributed by atoms with Crippen molar-refractivity contribution in [3.8, 4) is 0 Å². The number of rotatable bonds is 4. The molecule has 1 aliphatic heterocycles. The molecular formula is C18H18Cl2N2O2S. The Morgan fingerprint density at radius 1 is 1.00 bits per heavy atom. The van der Waals surface area contributed by atoms with E-state index in [9.17, 15) is 9.59 Å². The third-order valence-corrected chi connectivity index (χ3v) is 5.41. The van der Waals surface area contributed by atoms with Crippen LogP contribution < -0.4 is 0 Å². The van der Waals surface area contributed by atoms with Gasteiger partial charge in [0.05, 0.1) is 0 Å². The molecule has 2 aromatic rings. The first-order chi connectivity index (χ1) is 12.0. The van der Waals surface area contributed by atoms with Crippen molar-refractivity contribution >= 4 is 46.4 Å². The third-order valence-electron chi connectivity index (χ3n) is 4.24. The molecule has 1 aromatic carbocycles. The van der Waals surface area contributed by atoms with Crippen molar-refractivity contribution < 1.29 is 9.59 Å². The summed E-state index contributed by atoms with van der Waals surface area (Å²) in [5.74, 6) is 0.0406. The fraction of sp³-hybridized carbons (Fsp3) is 0.333. The number of carbonyl (C=O) groups is 2. The normalized spacial score (nSPS) is 14.6. The van der Waals surface area contributed by atoms with Crippen LogP contribution >= 0.6 is 34.5 Å². The highest BCUT2D eigenvalue weighted by Gasteiger charge is 2.25. The standard InChI is InChI=1S/C18H18Cl2N2O2S/c19-15-9-14(10-16(20)11-15)18(24)22-6-4-21(5-7-22)17(23)2-1-13-3-8-25-12-13/h3,8-12H,1-2,4-7H2. The van der Waals surface area contributed by atoms with E-state index in [1.54, 1.807) is 34.4 Å². The topological polar surface area (TPSA) is 40.6 Å². The SMILES string of the molecule is O=C(CCc1ccsc1)N1CCN(C(=O)c2cc(Cl)cc(Cl)c2)CC1. The van der Waals surface area contributed by atoms with Gasteiger partial charge in [0, 0.05) is 48.2 Å². The zero-order valence-corrected chi connectivity index (χ0v) is 15.9. The number of halogens is 2. The van der Waals surface area contributed by atoms with Crippen molar-refractivity contribution in [2.24, 2.45) is 0 Å². The van der Waals surface area contributed by atoms with Crippen molar-refractivity contribution in [3.05, 3.63) is 56.2 Å². The van der Waals surface area contributed by atoms with E-state index in [0.29, 0.717) is 48.2 Å². The van der Waals surface area contributed by atoms with E-state index >= 15 is 0 Å². The van der Waals surface area contributed by atoms with E-state index < -0.39 is 0 Å². The minimum atomic E-state index is -0.102. The molecule has 1 saturated heterocycles. The summed E-state index contributed by atoms with van der Waals surface area (Å²) in [4.78, 5) is 28.5. The quantitative estimate of drug-likeness (QED) is 0.783. The summed E-state index contributed by atoms with van der Waals surface area (Å²) < 4.78 is 0. The summed E-state index contributed by atoms with van der Waals surface area (Å²) in [7, 11) is 0. The van der Waals surface area contributed by atoms with Gasteiger partial charge in [-0.2, -0.15) is 11.3 Å². The van der Waals surface area contributed by atoms with Crippen LogP contribution in [0.2, 0.25) is 10.0 Å². The Labute approximate surface area is 160 Å². The van der Waals surface area contributed by atoms with Crippen molar-refractivity contribution in [2.75, 3.05) is 26.2 Å². The van der Waals surface area contributed by atoms with Crippen LogP contribution in [0.5, 0.6) is 0 Å². The number of nitrogens with zero attached hydrogens (tertiary/aromatic N) is 2. The smallest absolute Gasteiger partial charge is 0.254 e. The number of aryl methyl sites for hydroxylation is 1. The minimum Gasteiger partial charge on any atom is -0.339 e. The molecule has 2 heterocycles. The second kappa shape index (κ2) is 8.21. The Kier molecular flexibility index (Phi) is 5.99. The van der Waals surface area contributed by atoms with Gasteiger partial charge in [0.1, 0.15) is 0 Å². The fourth-order valence-electron chi connectivity index (χ4n) is 2.86. The molecule has 1 aromatic heterocycles. The summed E-state index contributed by atoms with van der Waals surface area (Å²) in [6.07, 6.45) is 1.27. The first-order valence-corrected chi connectivity index (χ1v) is 9.77. The Morgan fingerprint density at radius 2 is 1.64 bits per heavy atom. The lowest BCUT2D eigenvalue weighted by molar-refractivity contribution is -0.132. The van der Waals surface area contributed by atoms with Crippen LogP contribution in [0.25, 0.3) is 0 Å². The highest BCUT2D eigenvalue weighted by molar-refractivity contribution is 7.07. The van der Waals surface area contributed by atoms with Gasteiger partial charge in [-0.15, -0.1) is 0 Å². The molecule has 4 nitrogen and oxygen atoms in total. The molecule has 0 unspecified atom stereocenters. The monoisotopic (exact) mass is 396 g/mol. The Hall–Kier alpha value is -1.56. The van der Waals surface area contributed by atoms with Gasteiger partial charge in [-0.05, 0) is 47.0 Å². The highest BCUT2D eigenvalue weighted by atomic mass is 35.5. The maximum Gasteiger partial charge on any atom is 0.254 e. The molecule has 0 atom stereocenters. The van der Waals surface area contributed by atoms with Gasteiger partial charge in [0.15, 0.2) is 0 Å². The van der Waals surface area contributed by atoms with E-state index in [4.69, 9.17) is 23.2 Å². The van der Waals surface area contributed by atoms with Gasteiger partial charge in [-0.1, -0.05) is 23.2 Å². The largest absolute Gasteiger partial charge is 0.339 e.